The fourth-order valence-corrected chi connectivity index (χ4v) is 6.38. The molecule has 0 fully saturated rings. The van der Waals surface area contributed by atoms with Gasteiger partial charge in [-0.3, -0.25) is 0 Å². The predicted molar refractivity (Wildman–Crippen MR) is 116 cm³/mol. The molecule has 0 aromatic heterocycles. The van der Waals surface area contributed by atoms with Crippen LogP contribution in [-0.4, -0.2) is 61.9 Å². The van der Waals surface area contributed by atoms with Crippen LogP contribution < -0.4 is 21.5 Å². The third kappa shape index (κ3) is 13.9. The molecule has 0 rings (SSSR count). The molecule has 4 amide bonds. The van der Waals surface area contributed by atoms with Gasteiger partial charge in [-0.05, 0) is 33.6 Å². The van der Waals surface area contributed by atoms with Crippen molar-refractivity contribution in [3.8, 4) is 0 Å². The Kier molecular flexibility index (Phi) is 14.2. The van der Waals surface area contributed by atoms with E-state index in [1.54, 1.807) is 0 Å². The number of urea groups is 2. The summed E-state index contributed by atoms with van der Waals surface area (Å²) < 4.78 is 17.3. The van der Waals surface area contributed by atoms with Crippen LogP contribution in [0.15, 0.2) is 0 Å². The van der Waals surface area contributed by atoms with E-state index in [1.165, 1.54) is 0 Å². The highest BCUT2D eigenvalue weighted by Gasteiger charge is 2.39. The molecule has 0 heterocycles. The summed E-state index contributed by atoms with van der Waals surface area (Å²) in [5.74, 6) is 0. The molecule has 0 saturated heterocycles. The highest BCUT2D eigenvalue weighted by molar-refractivity contribution is 6.76. The SMILES string of the molecule is CCO[Si](CCCNC(=O)NNC(=O)NCCC[Si](C)(C)C)(OCC)OCC. The summed E-state index contributed by atoms with van der Waals surface area (Å²) in [6, 6.07) is 0.889. The molecule has 0 saturated carbocycles. The number of hydrazine groups is 1. The smallest absolute Gasteiger partial charge is 0.374 e. The number of hydrogen-bond donors (Lipinski definition) is 4. The third-order valence-electron chi connectivity index (χ3n) is 3.72. The first kappa shape index (κ1) is 26.9. The van der Waals surface area contributed by atoms with Crippen molar-refractivity contribution in [2.75, 3.05) is 32.9 Å². The van der Waals surface area contributed by atoms with Crippen LogP contribution in [0.2, 0.25) is 31.7 Å². The van der Waals surface area contributed by atoms with E-state index < -0.39 is 28.9 Å². The van der Waals surface area contributed by atoms with E-state index in [0.717, 1.165) is 12.5 Å². The molecule has 0 bridgehead atoms. The number of hydrogen-bond acceptors (Lipinski definition) is 5. The lowest BCUT2D eigenvalue weighted by Crippen LogP contribution is -2.51. The Morgan fingerprint density at radius 3 is 1.46 bits per heavy atom. The van der Waals surface area contributed by atoms with Crippen LogP contribution in [0.4, 0.5) is 9.59 Å². The van der Waals surface area contributed by atoms with Gasteiger partial charge in [0.15, 0.2) is 0 Å². The average molecular weight is 437 g/mol. The summed E-state index contributed by atoms with van der Waals surface area (Å²) in [6.45, 7) is 15.2. The van der Waals surface area contributed by atoms with Crippen molar-refractivity contribution >= 4 is 28.9 Å². The van der Waals surface area contributed by atoms with Gasteiger partial charge < -0.3 is 23.9 Å². The van der Waals surface area contributed by atoms with Crippen LogP contribution in [0.1, 0.15) is 33.6 Å². The summed E-state index contributed by atoms with van der Waals surface area (Å²) in [4.78, 5) is 23.4. The van der Waals surface area contributed by atoms with Crippen molar-refractivity contribution in [2.24, 2.45) is 0 Å². The van der Waals surface area contributed by atoms with E-state index in [0.29, 0.717) is 45.4 Å². The quantitative estimate of drug-likeness (QED) is 0.190. The standard InChI is InChI=1S/C17H40N4O5Si2/c1-7-24-28(25-8-2,26-9-3)15-11-13-19-17(23)21-20-16(22)18-12-10-14-27(4,5)6/h7-15H2,1-6H3,(H2,18,20,22)(H2,19,21,23). The van der Waals surface area contributed by atoms with E-state index in [9.17, 15) is 9.59 Å². The van der Waals surface area contributed by atoms with Gasteiger partial charge in [0.05, 0.1) is 0 Å². The molecular weight excluding hydrogens is 396 g/mol. The Morgan fingerprint density at radius 1 is 0.714 bits per heavy atom. The molecule has 0 unspecified atom stereocenters. The largest absolute Gasteiger partial charge is 0.500 e. The molecular formula is C17H40N4O5Si2. The van der Waals surface area contributed by atoms with Crippen LogP contribution >= 0.6 is 0 Å². The minimum Gasteiger partial charge on any atom is -0.374 e. The number of rotatable bonds is 14. The summed E-state index contributed by atoms with van der Waals surface area (Å²) in [5, 5.41) is 5.42. The summed E-state index contributed by atoms with van der Waals surface area (Å²) >= 11 is 0. The molecule has 166 valence electrons. The van der Waals surface area contributed by atoms with E-state index >= 15 is 0 Å². The minimum absolute atomic E-state index is 0.416. The molecule has 0 radical (unpaired) electrons. The lowest BCUT2D eigenvalue weighted by Gasteiger charge is -2.28. The van der Waals surface area contributed by atoms with Gasteiger partial charge in [0.25, 0.3) is 0 Å². The van der Waals surface area contributed by atoms with Crippen molar-refractivity contribution in [3.05, 3.63) is 0 Å². The second-order valence-corrected chi connectivity index (χ2v) is 15.9. The van der Waals surface area contributed by atoms with Crippen molar-refractivity contribution < 1.29 is 22.9 Å². The fraction of sp³-hybridized carbons (Fsp3) is 0.882. The normalized spacial score (nSPS) is 11.8. The van der Waals surface area contributed by atoms with E-state index in [4.69, 9.17) is 13.3 Å². The monoisotopic (exact) mass is 436 g/mol. The zero-order valence-electron chi connectivity index (χ0n) is 18.4. The van der Waals surface area contributed by atoms with E-state index in [-0.39, 0.29) is 0 Å². The van der Waals surface area contributed by atoms with Gasteiger partial charge in [-0.15, -0.1) is 0 Å². The topological polar surface area (TPSA) is 110 Å². The summed E-state index contributed by atoms with van der Waals surface area (Å²) in [5.41, 5.74) is 4.66. The molecule has 0 aliphatic rings. The maximum Gasteiger partial charge on any atom is 0.500 e. The molecule has 0 aliphatic carbocycles. The Bertz CT molecular complexity index is 433. The summed E-state index contributed by atoms with van der Waals surface area (Å²) in [7, 11) is -3.77. The van der Waals surface area contributed by atoms with Crippen LogP contribution in [0.25, 0.3) is 0 Å². The number of amides is 4. The van der Waals surface area contributed by atoms with Gasteiger partial charge in [-0.25, -0.2) is 20.4 Å². The fourth-order valence-electron chi connectivity index (χ4n) is 2.53. The Balaban J connectivity index is 4.00. The maximum absolute atomic E-state index is 11.8. The first-order valence-corrected chi connectivity index (χ1v) is 15.8. The van der Waals surface area contributed by atoms with Gasteiger partial charge in [0.1, 0.15) is 0 Å². The number of nitrogens with one attached hydrogen (secondary N) is 4. The zero-order valence-corrected chi connectivity index (χ0v) is 20.4. The van der Waals surface area contributed by atoms with Gasteiger partial charge in [-0.2, -0.15) is 0 Å². The maximum atomic E-state index is 11.8. The molecule has 0 aromatic carbocycles. The first-order chi connectivity index (χ1) is 13.2. The molecule has 4 N–H and O–H groups in total. The molecule has 11 heteroatoms. The summed E-state index contributed by atoms with van der Waals surface area (Å²) in [6.07, 6.45) is 1.60. The van der Waals surface area contributed by atoms with Gasteiger partial charge >= 0.3 is 20.9 Å². The van der Waals surface area contributed by atoms with Crippen molar-refractivity contribution in [2.45, 2.75) is 65.3 Å². The van der Waals surface area contributed by atoms with Crippen LogP contribution in [0.5, 0.6) is 0 Å². The lowest BCUT2D eigenvalue weighted by molar-refractivity contribution is 0.0708. The predicted octanol–water partition coefficient (Wildman–Crippen LogP) is 2.67. The number of carbonyl (C=O) groups excluding carboxylic acids is 2. The zero-order chi connectivity index (χ0) is 21.5. The van der Waals surface area contributed by atoms with Crippen molar-refractivity contribution in [1.82, 2.24) is 21.5 Å². The molecule has 28 heavy (non-hydrogen) atoms. The minimum atomic E-state index is -2.68. The van der Waals surface area contributed by atoms with Gasteiger partial charge in [-0.1, -0.05) is 25.7 Å². The van der Waals surface area contributed by atoms with E-state index in [2.05, 4.69) is 41.1 Å². The molecule has 0 aromatic rings. The van der Waals surface area contributed by atoms with Gasteiger partial charge in [0.2, 0.25) is 0 Å². The van der Waals surface area contributed by atoms with Crippen molar-refractivity contribution in [3.63, 3.8) is 0 Å². The van der Waals surface area contributed by atoms with Crippen LogP contribution in [0.3, 0.4) is 0 Å². The second-order valence-electron chi connectivity index (χ2n) is 7.51. The van der Waals surface area contributed by atoms with Gasteiger partial charge in [0, 0.05) is 47.0 Å². The molecule has 9 nitrogen and oxygen atoms in total. The van der Waals surface area contributed by atoms with E-state index in [1.807, 2.05) is 20.8 Å². The highest BCUT2D eigenvalue weighted by Crippen LogP contribution is 2.17. The first-order valence-electron chi connectivity index (χ1n) is 10.2. The van der Waals surface area contributed by atoms with Crippen LogP contribution in [-0.2, 0) is 13.3 Å². The molecule has 0 spiro atoms. The number of carbonyl (C=O) groups is 2. The highest BCUT2D eigenvalue weighted by atomic mass is 28.4. The Hall–Kier alpha value is -1.15. The molecule has 0 aliphatic heterocycles. The lowest BCUT2D eigenvalue weighted by atomic mass is 10.5. The Labute approximate surface area is 172 Å². The Morgan fingerprint density at radius 2 is 1.11 bits per heavy atom. The second kappa shape index (κ2) is 14.8. The molecule has 0 atom stereocenters. The third-order valence-corrected chi connectivity index (χ3v) is 8.72. The average Bonchev–Trinajstić information content (AvgIpc) is 2.60. The van der Waals surface area contributed by atoms with Crippen LogP contribution in [0, 0.1) is 0 Å². The van der Waals surface area contributed by atoms with Crippen molar-refractivity contribution in [1.29, 1.82) is 0 Å².